The van der Waals surface area contributed by atoms with Gasteiger partial charge in [-0.3, -0.25) is 0 Å². The predicted molar refractivity (Wildman–Crippen MR) is 72.9 cm³/mol. The Kier molecular flexibility index (Phi) is 5.66. The Morgan fingerprint density at radius 1 is 1.12 bits per heavy atom. The monoisotopic (exact) mass is 235 g/mol. The highest BCUT2D eigenvalue weighted by Crippen LogP contribution is 2.17. The van der Waals surface area contributed by atoms with Crippen molar-refractivity contribution in [2.75, 3.05) is 13.7 Å². The molecule has 0 spiro atoms. The van der Waals surface area contributed by atoms with E-state index in [2.05, 4.69) is 50.4 Å². The van der Waals surface area contributed by atoms with Gasteiger partial charge in [0.05, 0.1) is 6.61 Å². The molecule has 0 aromatic heterocycles. The Morgan fingerprint density at radius 2 is 1.76 bits per heavy atom. The van der Waals surface area contributed by atoms with Gasteiger partial charge in [0, 0.05) is 13.7 Å². The Labute approximate surface area is 105 Å². The van der Waals surface area contributed by atoms with Crippen molar-refractivity contribution in [1.82, 2.24) is 5.32 Å². The zero-order valence-corrected chi connectivity index (χ0v) is 11.5. The van der Waals surface area contributed by atoms with Crippen LogP contribution in [0.2, 0.25) is 0 Å². The van der Waals surface area contributed by atoms with E-state index in [9.17, 15) is 0 Å². The van der Waals surface area contributed by atoms with Crippen LogP contribution in [-0.4, -0.2) is 13.7 Å². The highest BCUT2D eigenvalue weighted by molar-refractivity contribution is 5.26. The molecule has 1 aromatic rings. The first kappa shape index (κ1) is 14.2. The summed E-state index contributed by atoms with van der Waals surface area (Å²) >= 11 is 0. The van der Waals surface area contributed by atoms with Gasteiger partial charge in [0.25, 0.3) is 0 Å². The quantitative estimate of drug-likeness (QED) is 0.763. The number of hydrogen-bond acceptors (Lipinski definition) is 2. The predicted octanol–water partition coefficient (Wildman–Crippen LogP) is 3.36. The maximum Gasteiger partial charge on any atom is 0.0716 e. The summed E-state index contributed by atoms with van der Waals surface area (Å²) in [6.45, 7) is 9.49. The third-order valence-electron chi connectivity index (χ3n) is 2.79. The highest BCUT2D eigenvalue weighted by atomic mass is 16.5. The fourth-order valence-electron chi connectivity index (χ4n) is 1.71. The van der Waals surface area contributed by atoms with E-state index in [4.69, 9.17) is 4.74 Å². The highest BCUT2D eigenvalue weighted by Gasteiger charge is 2.09. The smallest absolute Gasteiger partial charge is 0.0716 e. The Bertz CT molecular complexity index is 328. The minimum Gasteiger partial charge on any atom is -0.380 e. The van der Waals surface area contributed by atoms with Gasteiger partial charge in [0.15, 0.2) is 0 Å². The number of rotatable bonds is 6. The van der Waals surface area contributed by atoms with Gasteiger partial charge in [-0.2, -0.15) is 0 Å². The lowest BCUT2D eigenvalue weighted by atomic mass is 9.92. The van der Waals surface area contributed by atoms with Crippen LogP contribution in [0.5, 0.6) is 0 Å². The van der Waals surface area contributed by atoms with Crippen LogP contribution in [0.3, 0.4) is 0 Å². The molecule has 1 N–H and O–H groups in total. The van der Waals surface area contributed by atoms with Crippen molar-refractivity contribution >= 4 is 0 Å². The van der Waals surface area contributed by atoms with E-state index >= 15 is 0 Å². The van der Waals surface area contributed by atoms with Gasteiger partial charge in [-0.25, -0.2) is 0 Å². The molecule has 96 valence electrons. The van der Waals surface area contributed by atoms with Gasteiger partial charge in [0.2, 0.25) is 0 Å². The summed E-state index contributed by atoms with van der Waals surface area (Å²) in [6.07, 6.45) is 1.19. The van der Waals surface area contributed by atoms with Gasteiger partial charge in [0.1, 0.15) is 0 Å². The molecule has 0 saturated carbocycles. The topological polar surface area (TPSA) is 21.3 Å². The van der Waals surface area contributed by atoms with Crippen LogP contribution >= 0.6 is 0 Å². The molecule has 0 atom stereocenters. The van der Waals surface area contributed by atoms with Gasteiger partial charge in [-0.15, -0.1) is 0 Å². The first-order chi connectivity index (χ1) is 8.03. The summed E-state index contributed by atoms with van der Waals surface area (Å²) in [4.78, 5) is 0. The summed E-state index contributed by atoms with van der Waals surface area (Å²) in [7, 11) is 1.74. The number of nitrogens with one attached hydrogen (secondary N) is 1. The lowest BCUT2D eigenvalue weighted by Crippen LogP contribution is -2.20. The molecule has 0 amide bonds. The van der Waals surface area contributed by atoms with Gasteiger partial charge in [-0.1, -0.05) is 45.0 Å². The Balaban J connectivity index is 2.41. The summed E-state index contributed by atoms with van der Waals surface area (Å²) in [5, 5.41) is 3.50. The molecular formula is C15H25NO. The molecule has 0 bridgehead atoms. The van der Waals surface area contributed by atoms with E-state index in [0.717, 1.165) is 13.1 Å². The molecule has 0 fully saturated rings. The van der Waals surface area contributed by atoms with Crippen molar-refractivity contribution in [3.8, 4) is 0 Å². The Hall–Kier alpha value is -0.860. The summed E-state index contributed by atoms with van der Waals surface area (Å²) in [5.41, 5.74) is 3.01. The largest absolute Gasteiger partial charge is 0.380 e. The van der Waals surface area contributed by atoms with Crippen molar-refractivity contribution in [3.05, 3.63) is 35.4 Å². The Morgan fingerprint density at radius 3 is 2.35 bits per heavy atom. The van der Waals surface area contributed by atoms with E-state index in [-0.39, 0.29) is 0 Å². The van der Waals surface area contributed by atoms with E-state index in [1.54, 1.807) is 7.11 Å². The lowest BCUT2D eigenvalue weighted by Gasteiger charge is -2.18. The second-order valence-electron chi connectivity index (χ2n) is 5.69. The molecule has 1 rings (SSSR count). The second kappa shape index (κ2) is 6.77. The zero-order chi connectivity index (χ0) is 12.7. The SMILES string of the molecule is COCc1ccccc1CNCCC(C)(C)C. The molecule has 17 heavy (non-hydrogen) atoms. The van der Waals surface area contributed by atoms with Crippen LogP contribution in [0.1, 0.15) is 38.3 Å². The van der Waals surface area contributed by atoms with Crippen LogP contribution in [0.15, 0.2) is 24.3 Å². The molecule has 0 aliphatic rings. The zero-order valence-electron chi connectivity index (χ0n) is 11.5. The molecular weight excluding hydrogens is 210 g/mol. The van der Waals surface area contributed by atoms with Crippen molar-refractivity contribution in [3.63, 3.8) is 0 Å². The van der Waals surface area contributed by atoms with Gasteiger partial charge < -0.3 is 10.1 Å². The van der Waals surface area contributed by atoms with E-state index in [1.165, 1.54) is 17.5 Å². The molecule has 0 aliphatic carbocycles. The lowest BCUT2D eigenvalue weighted by molar-refractivity contribution is 0.184. The fourth-order valence-corrected chi connectivity index (χ4v) is 1.71. The molecule has 0 unspecified atom stereocenters. The van der Waals surface area contributed by atoms with Crippen LogP contribution in [0.25, 0.3) is 0 Å². The van der Waals surface area contributed by atoms with Crippen molar-refractivity contribution in [1.29, 1.82) is 0 Å². The first-order valence-electron chi connectivity index (χ1n) is 6.29. The molecule has 0 heterocycles. The molecule has 0 aliphatic heterocycles. The maximum atomic E-state index is 5.20. The molecule has 1 aromatic carbocycles. The van der Waals surface area contributed by atoms with Crippen molar-refractivity contribution < 1.29 is 4.74 Å². The van der Waals surface area contributed by atoms with Gasteiger partial charge in [-0.05, 0) is 29.5 Å². The number of methoxy groups -OCH3 is 1. The summed E-state index contributed by atoms with van der Waals surface area (Å²) in [6, 6.07) is 8.44. The van der Waals surface area contributed by atoms with E-state index in [1.807, 2.05) is 0 Å². The number of ether oxygens (including phenoxy) is 1. The molecule has 0 radical (unpaired) electrons. The fraction of sp³-hybridized carbons (Fsp3) is 0.600. The molecule has 0 saturated heterocycles. The number of hydrogen-bond donors (Lipinski definition) is 1. The second-order valence-corrected chi connectivity index (χ2v) is 5.69. The first-order valence-corrected chi connectivity index (χ1v) is 6.29. The summed E-state index contributed by atoms with van der Waals surface area (Å²) in [5.74, 6) is 0. The third-order valence-corrected chi connectivity index (χ3v) is 2.79. The molecule has 2 heteroatoms. The van der Waals surface area contributed by atoms with E-state index in [0.29, 0.717) is 12.0 Å². The standard InChI is InChI=1S/C15H25NO/c1-15(2,3)9-10-16-11-13-7-5-6-8-14(13)12-17-4/h5-8,16H,9-12H2,1-4H3. The maximum absolute atomic E-state index is 5.20. The van der Waals surface area contributed by atoms with Crippen LogP contribution in [-0.2, 0) is 17.9 Å². The minimum absolute atomic E-state index is 0.402. The van der Waals surface area contributed by atoms with Crippen molar-refractivity contribution in [2.45, 2.75) is 40.3 Å². The normalized spacial score (nSPS) is 11.8. The third kappa shape index (κ3) is 5.85. The van der Waals surface area contributed by atoms with Crippen molar-refractivity contribution in [2.24, 2.45) is 5.41 Å². The number of benzene rings is 1. The minimum atomic E-state index is 0.402. The molecule has 2 nitrogen and oxygen atoms in total. The van der Waals surface area contributed by atoms with Gasteiger partial charge >= 0.3 is 0 Å². The average molecular weight is 235 g/mol. The van der Waals surface area contributed by atoms with Crippen LogP contribution in [0.4, 0.5) is 0 Å². The summed E-state index contributed by atoms with van der Waals surface area (Å²) < 4.78 is 5.20. The van der Waals surface area contributed by atoms with E-state index < -0.39 is 0 Å². The van der Waals surface area contributed by atoms with Crippen LogP contribution in [0, 0.1) is 5.41 Å². The average Bonchev–Trinajstić information content (AvgIpc) is 2.25. The van der Waals surface area contributed by atoms with Crippen LogP contribution < -0.4 is 5.32 Å².